The standard InChI is InChI=1S/C11H4BrF3O4/c12-4-1-2-6-5(3-4)8(16)7(10(18)19-6)9(17)11(13,14)15/h1-3,16H. The van der Waals surface area contributed by atoms with Crippen LogP contribution in [0.3, 0.4) is 0 Å². The molecule has 0 saturated heterocycles. The Morgan fingerprint density at radius 3 is 2.53 bits per heavy atom. The van der Waals surface area contributed by atoms with E-state index in [2.05, 4.69) is 20.3 Å². The van der Waals surface area contributed by atoms with Crippen molar-refractivity contribution in [3.63, 3.8) is 0 Å². The van der Waals surface area contributed by atoms with Crippen LogP contribution in [0.4, 0.5) is 13.2 Å². The van der Waals surface area contributed by atoms with Crippen LogP contribution in [-0.4, -0.2) is 17.1 Å². The van der Waals surface area contributed by atoms with Gasteiger partial charge in [-0.1, -0.05) is 15.9 Å². The van der Waals surface area contributed by atoms with Crippen molar-refractivity contribution in [3.8, 4) is 5.75 Å². The van der Waals surface area contributed by atoms with Crippen LogP contribution >= 0.6 is 15.9 Å². The van der Waals surface area contributed by atoms with Crippen molar-refractivity contribution in [1.29, 1.82) is 0 Å². The normalized spacial score (nSPS) is 11.8. The van der Waals surface area contributed by atoms with Gasteiger partial charge in [0.05, 0.1) is 5.39 Å². The van der Waals surface area contributed by atoms with Gasteiger partial charge in [0.15, 0.2) is 5.56 Å². The van der Waals surface area contributed by atoms with Crippen molar-refractivity contribution in [3.05, 3.63) is 38.7 Å². The lowest BCUT2D eigenvalue weighted by Gasteiger charge is -2.07. The van der Waals surface area contributed by atoms with Gasteiger partial charge in [-0.2, -0.15) is 13.2 Å². The minimum Gasteiger partial charge on any atom is -0.506 e. The summed E-state index contributed by atoms with van der Waals surface area (Å²) in [6.07, 6.45) is -5.27. The average molecular weight is 337 g/mol. The Kier molecular flexibility index (Phi) is 3.13. The van der Waals surface area contributed by atoms with Gasteiger partial charge in [0.25, 0.3) is 5.78 Å². The van der Waals surface area contributed by atoms with E-state index in [1.54, 1.807) is 0 Å². The maximum absolute atomic E-state index is 12.3. The molecule has 1 aromatic carbocycles. The van der Waals surface area contributed by atoms with E-state index in [1.807, 2.05) is 0 Å². The largest absolute Gasteiger partial charge is 0.506 e. The van der Waals surface area contributed by atoms with E-state index in [9.17, 15) is 27.9 Å². The van der Waals surface area contributed by atoms with Gasteiger partial charge in [-0.05, 0) is 18.2 Å². The third-order valence-corrected chi connectivity index (χ3v) is 2.82. The zero-order valence-electron chi connectivity index (χ0n) is 8.92. The number of rotatable bonds is 1. The topological polar surface area (TPSA) is 67.5 Å². The molecule has 0 spiro atoms. The molecule has 0 aliphatic heterocycles. The van der Waals surface area contributed by atoms with Gasteiger partial charge in [0.2, 0.25) is 0 Å². The molecule has 2 aromatic rings. The Hall–Kier alpha value is -1.83. The van der Waals surface area contributed by atoms with Crippen LogP contribution in [0.2, 0.25) is 0 Å². The number of hydrogen-bond donors (Lipinski definition) is 1. The van der Waals surface area contributed by atoms with E-state index < -0.39 is 28.9 Å². The molecule has 0 radical (unpaired) electrons. The number of halogens is 4. The predicted molar refractivity (Wildman–Crippen MR) is 62.2 cm³/mol. The second kappa shape index (κ2) is 4.37. The summed E-state index contributed by atoms with van der Waals surface area (Å²) in [4.78, 5) is 22.4. The highest BCUT2D eigenvalue weighted by atomic mass is 79.9. The zero-order chi connectivity index (χ0) is 14.4. The summed E-state index contributed by atoms with van der Waals surface area (Å²) in [7, 11) is 0. The molecular weight excluding hydrogens is 333 g/mol. The first-order valence-corrected chi connectivity index (χ1v) is 5.58. The van der Waals surface area contributed by atoms with Gasteiger partial charge < -0.3 is 9.52 Å². The maximum atomic E-state index is 12.3. The average Bonchev–Trinajstić information content (AvgIpc) is 2.29. The highest BCUT2D eigenvalue weighted by Gasteiger charge is 2.43. The first-order valence-electron chi connectivity index (χ1n) is 4.78. The van der Waals surface area contributed by atoms with Crippen LogP contribution in [0.5, 0.6) is 5.75 Å². The SMILES string of the molecule is O=C(c1c(O)c2cc(Br)ccc2oc1=O)C(F)(F)F. The van der Waals surface area contributed by atoms with Crippen LogP contribution in [0, 0.1) is 0 Å². The fourth-order valence-electron chi connectivity index (χ4n) is 1.50. The molecule has 0 bridgehead atoms. The first-order chi connectivity index (χ1) is 8.71. The smallest absolute Gasteiger partial charge is 0.455 e. The van der Waals surface area contributed by atoms with Gasteiger partial charge >= 0.3 is 11.8 Å². The second-order valence-electron chi connectivity index (χ2n) is 3.58. The fourth-order valence-corrected chi connectivity index (χ4v) is 1.86. The number of aromatic hydroxyl groups is 1. The molecule has 1 N–H and O–H groups in total. The molecule has 0 aliphatic carbocycles. The van der Waals surface area contributed by atoms with Gasteiger partial charge in [-0.15, -0.1) is 0 Å². The summed E-state index contributed by atoms with van der Waals surface area (Å²) in [6, 6.07) is 3.99. The van der Waals surface area contributed by atoms with Gasteiger partial charge in [-0.3, -0.25) is 4.79 Å². The Labute approximate surface area is 111 Å². The molecule has 8 heteroatoms. The number of alkyl halides is 3. The fraction of sp³-hybridized carbons (Fsp3) is 0.0909. The molecule has 0 fully saturated rings. The molecular formula is C11H4BrF3O4. The van der Waals surface area contributed by atoms with Crippen molar-refractivity contribution in [2.45, 2.75) is 6.18 Å². The number of carbonyl (C=O) groups excluding carboxylic acids is 1. The molecule has 0 atom stereocenters. The highest BCUT2D eigenvalue weighted by molar-refractivity contribution is 9.10. The number of carbonyl (C=O) groups is 1. The second-order valence-corrected chi connectivity index (χ2v) is 4.50. The molecule has 2 rings (SSSR count). The van der Waals surface area contributed by atoms with Crippen LogP contribution in [0.15, 0.2) is 31.9 Å². The van der Waals surface area contributed by atoms with Crippen LogP contribution in [-0.2, 0) is 0 Å². The third-order valence-electron chi connectivity index (χ3n) is 2.32. The molecule has 0 saturated carbocycles. The predicted octanol–water partition coefficient (Wildman–Crippen LogP) is 3.01. The Morgan fingerprint density at radius 2 is 1.95 bits per heavy atom. The van der Waals surface area contributed by atoms with Crippen molar-refractivity contribution in [2.24, 2.45) is 0 Å². The highest BCUT2D eigenvalue weighted by Crippen LogP contribution is 2.32. The molecule has 0 aliphatic rings. The molecule has 1 aromatic heterocycles. The lowest BCUT2D eigenvalue weighted by Crippen LogP contribution is -2.28. The van der Waals surface area contributed by atoms with Crippen LogP contribution in [0.1, 0.15) is 10.4 Å². The van der Waals surface area contributed by atoms with E-state index in [0.717, 1.165) is 0 Å². The minimum atomic E-state index is -5.27. The van der Waals surface area contributed by atoms with Gasteiger partial charge in [-0.25, -0.2) is 4.79 Å². The molecule has 0 unspecified atom stereocenters. The number of hydrogen-bond acceptors (Lipinski definition) is 4. The maximum Gasteiger partial charge on any atom is 0.455 e. The molecule has 100 valence electrons. The van der Waals surface area contributed by atoms with E-state index in [4.69, 9.17) is 0 Å². The Bertz CT molecular complexity index is 733. The minimum absolute atomic E-state index is 0.121. The molecule has 0 amide bonds. The number of Topliss-reactive ketones (excluding diaryl/α,β-unsaturated/α-hetero) is 1. The summed E-state index contributed by atoms with van der Waals surface area (Å²) >= 11 is 3.05. The summed E-state index contributed by atoms with van der Waals surface area (Å²) in [5, 5.41) is 9.52. The lowest BCUT2D eigenvalue weighted by molar-refractivity contribution is -0.0888. The van der Waals surface area contributed by atoms with E-state index in [-0.39, 0.29) is 11.0 Å². The van der Waals surface area contributed by atoms with Crippen LogP contribution < -0.4 is 5.63 Å². The number of fused-ring (bicyclic) bond motifs is 1. The summed E-state index contributed by atoms with van der Waals surface area (Å²) < 4.78 is 42.0. The zero-order valence-corrected chi connectivity index (χ0v) is 10.5. The van der Waals surface area contributed by atoms with Crippen molar-refractivity contribution < 1.29 is 27.5 Å². The quantitative estimate of drug-likeness (QED) is 0.642. The van der Waals surface area contributed by atoms with Gasteiger partial charge in [0, 0.05) is 4.47 Å². The third kappa shape index (κ3) is 2.35. The van der Waals surface area contributed by atoms with Crippen LogP contribution in [0.25, 0.3) is 11.0 Å². The Morgan fingerprint density at radius 1 is 1.32 bits per heavy atom. The lowest BCUT2D eigenvalue weighted by atomic mass is 10.1. The van der Waals surface area contributed by atoms with E-state index >= 15 is 0 Å². The molecule has 4 nitrogen and oxygen atoms in total. The van der Waals surface area contributed by atoms with E-state index in [1.165, 1.54) is 18.2 Å². The number of benzene rings is 1. The molecule has 1 heterocycles. The van der Waals surface area contributed by atoms with E-state index in [0.29, 0.717) is 4.47 Å². The van der Waals surface area contributed by atoms with Crippen molar-refractivity contribution >= 4 is 32.7 Å². The van der Waals surface area contributed by atoms with Gasteiger partial charge in [0.1, 0.15) is 11.3 Å². The summed E-state index contributed by atoms with van der Waals surface area (Å²) in [6.45, 7) is 0. The number of ketones is 1. The monoisotopic (exact) mass is 336 g/mol. The van der Waals surface area contributed by atoms with Crippen molar-refractivity contribution in [1.82, 2.24) is 0 Å². The Balaban J connectivity index is 2.83. The summed E-state index contributed by atoms with van der Waals surface area (Å²) in [5.41, 5.74) is -3.07. The summed E-state index contributed by atoms with van der Waals surface area (Å²) in [5.74, 6) is -3.49. The first kappa shape index (κ1) is 13.6. The molecule has 19 heavy (non-hydrogen) atoms. The van der Waals surface area contributed by atoms with Crippen molar-refractivity contribution in [2.75, 3.05) is 0 Å².